The van der Waals surface area contributed by atoms with E-state index in [1.807, 2.05) is 13.8 Å². The highest BCUT2D eigenvalue weighted by Crippen LogP contribution is 2.03. The smallest absolute Gasteiger partial charge is 0.221 e. The fourth-order valence-corrected chi connectivity index (χ4v) is 1.75. The highest BCUT2D eigenvalue weighted by Gasteiger charge is 2.01. The number of amides is 1. The maximum absolute atomic E-state index is 11.1. The van der Waals surface area contributed by atoms with Crippen molar-refractivity contribution < 1.29 is 4.79 Å². The molecule has 0 fully saturated rings. The van der Waals surface area contributed by atoms with Gasteiger partial charge in [0.2, 0.25) is 5.91 Å². The van der Waals surface area contributed by atoms with Crippen molar-refractivity contribution in [2.45, 2.75) is 32.7 Å². The molecule has 0 radical (unpaired) electrons. The Morgan fingerprint density at radius 1 is 1.46 bits per heavy atom. The summed E-state index contributed by atoms with van der Waals surface area (Å²) in [7, 11) is 0. The number of carbonyl (C=O) groups is 1. The van der Waals surface area contributed by atoms with Gasteiger partial charge in [0.05, 0.1) is 0 Å². The lowest BCUT2D eigenvalue weighted by atomic mass is 10.3. The zero-order chi connectivity index (χ0) is 10.1. The molecule has 4 heteroatoms. The van der Waals surface area contributed by atoms with Crippen LogP contribution in [0.15, 0.2) is 0 Å². The Kier molecular flexibility index (Phi) is 8.24. The van der Waals surface area contributed by atoms with Crippen LogP contribution in [-0.2, 0) is 4.79 Å². The Balaban J connectivity index is 3.17. The normalized spacial score (nSPS) is 10.5. The lowest BCUT2D eigenvalue weighted by Gasteiger charge is -2.07. The number of thioether (sulfide) groups is 1. The lowest BCUT2D eigenvalue weighted by Crippen LogP contribution is -2.30. The van der Waals surface area contributed by atoms with Gasteiger partial charge in [-0.15, -0.1) is 0 Å². The van der Waals surface area contributed by atoms with E-state index in [1.54, 1.807) is 11.8 Å². The molecule has 0 aliphatic rings. The van der Waals surface area contributed by atoms with E-state index >= 15 is 0 Å². The standard InChI is InChI=1S/C9H20N2OS/c1-8(2)11-9(12)4-7-13-6-3-5-10/h8H,3-7,10H2,1-2H3,(H,11,12). The molecule has 0 saturated heterocycles. The van der Waals surface area contributed by atoms with Crippen LogP contribution in [0.4, 0.5) is 0 Å². The summed E-state index contributed by atoms with van der Waals surface area (Å²) in [5.74, 6) is 2.11. The van der Waals surface area contributed by atoms with E-state index in [2.05, 4.69) is 5.32 Å². The van der Waals surface area contributed by atoms with E-state index in [0.29, 0.717) is 6.42 Å². The van der Waals surface area contributed by atoms with Crippen LogP contribution >= 0.6 is 11.8 Å². The summed E-state index contributed by atoms with van der Waals surface area (Å²) in [6.45, 7) is 4.68. The van der Waals surface area contributed by atoms with Gasteiger partial charge in [-0.05, 0) is 32.6 Å². The van der Waals surface area contributed by atoms with E-state index in [9.17, 15) is 4.79 Å². The fourth-order valence-electron chi connectivity index (χ4n) is 0.846. The van der Waals surface area contributed by atoms with Gasteiger partial charge in [-0.2, -0.15) is 11.8 Å². The Morgan fingerprint density at radius 3 is 2.69 bits per heavy atom. The van der Waals surface area contributed by atoms with Crippen molar-refractivity contribution in [2.75, 3.05) is 18.1 Å². The third kappa shape index (κ3) is 9.70. The maximum atomic E-state index is 11.1. The maximum Gasteiger partial charge on any atom is 0.221 e. The van der Waals surface area contributed by atoms with Crippen molar-refractivity contribution in [1.29, 1.82) is 0 Å². The second kappa shape index (κ2) is 8.38. The summed E-state index contributed by atoms with van der Waals surface area (Å²) in [4.78, 5) is 11.1. The molecule has 3 N–H and O–H groups in total. The highest BCUT2D eigenvalue weighted by molar-refractivity contribution is 7.99. The quantitative estimate of drug-likeness (QED) is 0.608. The zero-order valence-electron chi connectivity index (χ0n) is 8.51. The predicted octanol–water partition coefficient (Wildman–Crippen LogP) is 0.983. The summed E-state index contributed by atoms with van der Waals surface area (Å²) in [6.07, 6.45) is 1.66. The number of carbonyl (C=O) groups excluding carboxylic acids is 1. The van der Waals surface area contributed by atoms with Crippen LogP contribution in [0.2, 0.25) is 0 Å². The van der Waals surface area contributed by atoms with Crippen molar-refractivity contribution in [3.05, 3.63) is 0 Å². The predicted molar refractivity (Wildman–Crippen MR) is 58.9 cm³/mol. The van der Waals surface area contributed by atoms with Crippen LogP contribution in [-0.4, -0.2) is 30.0 Å². The van der Waals surface area contributed by atoms with Gasteiger partial charge in [0, 0.05) is 18.2 Å². The molecule has 0 heterocycles. The molecule has 0 saturated carbocycles. The number of nitrogens with one attached hydrogen (secondary N) is 1. The molecule has 0 bridgehead atoms. The van der Waals surface area contributed by atoms with Gasteiger partial charge in [-0.1, -0.05) is 0 Å². The van der Waals surface area contributed by atoms with E-state index in [1.165, 1.54) is 0 Å². The molecule has 0 aliphatic carbocycles. The molecule has 0 aliphatic heterocycles. The molecule has 0 aromatic rings. The van der Waals surface area contributed by atoms with Gasteiger partial charge >= 0.3 is 0 Å². The van der Waals surface area contributed by atoms with Gasteiger partial charge in [0.15, 0.2) is 0 Å². The first-order chi connectivity index (χ1) is 6.16. The van der Waals surface area contributed by atoms with Crippen LogP contribution in [0.1, 0.15) is 26.7 Å². The molecule has 0 aromatic heterocycles. The molecule has 78 valence electrons. The van der Waals surface area contributed by atoms with Crippen molar-refractivity contribution in [2.24, 2.45) is 5.73 Å². The highest BCUT2D eigenvalue weighted by atomic mass is 32.2. The summed E-state index contributed by atoms with van der Waals surface area (Å²) < 4.78 is 0. The van der Waals surface area contributed by atoms with Crippen LogP contribution in [0.3, 0.4) is 0 Å². The molecule has 0 atom stereocenters. The Morgan fingerprint density at radius 2 is 2.15 bits per heavy atom. The molecule has 1 amide bonds. The molecule has 0 unspecified atom stereocenters. The average Bonchev–Trinajstić information content (AvgIpc) is 2.02. The first-order valence-corrected chi connectivity index (χ1v) is 5.89. The van der Waals surface area contributed by atoms with Gasteiger partial charge in [0.25, 0.3) is 0 Å². The summed E-state index contributed by atoms with van der Waals surface area (Å²) in [5.41, 5.74) is 5.34. The molecule has 0 spiro atoms. The number of nitrogens with two attached hydrogens (primary N) is 1. The molecule has 3 nitrogen and oxygen atoms in total. The lowest BCUT2D eigenvalue weighted by molar-refractivity contribution is -0.121. The minimum absolute atomic E-state index is 0.148. The van der Waals surface area contributed by atoms with Crippen molar-refractivity contribution in [3.63, 3.8) is 0 Å². The summed E-state index contributed by atoms with van der Waals surface area (Å²) >= 11 is 1.79. The Bertz CT molecular complexity index is 140. The summed E-state index contributed by atoms with van der Waals surface area (Å²) in [6, 6.07) is 0.251. The number of hydrogen-bond acceptors (Lipinski definition) is 3. The zero-order valence-corrected chi connectivity index (χ0v) is 9.32. The van der Waals surface area contributed by atoms with Crippen molar-refractivity contribution in [1.82, 2.24) is 5.32 Å². The monoisotopic (exact) mass is 204 g/mol. The number of rotatable bonds is 7. The molecule has 0 rings (SSSR count). The van der Waals surface area contributed by atoms with Crippen LogP contribution in [0.5, 0.6) is 0 Å². The first kappa shape index (κ1) is 12.8. The molecular formula is C9H20N2OS. The fraction of sp³-hybridized carbons (Fsp3) is 0.889. The van der Waals surface area contributed by atoms with Gasteiger partial charge in [0.1, 0.15) is 0 Å². The van der Waals surface area contributed by atoms with Gasteiger partial charge < -0.3 is 11.1 Å². The minimum atomic E-state index is 0.148. The first-order valence-electron chi connectivity index (χ1n) is 4.74. The van der Waals surface area contributed by atoms with Crippen molar-refractivity contribution in [3.8, 4) is 0 Å². The second-order valence-corrected chi connectivity index (χ2v) is 4.45. The van der Waals surface area contributed by atoms with E-state index in [0.717, 1.165) is 24.5 Å². The van der Waals surface area contributed by atoms with E-state index in [-0.39, 0.29) is 11.9 Å². The molecule has 13 heavy (non-hydrogen) atoms. The van der Waals surface area contributed by atoms with Crippen LogP contribution in [0, 0.1) is 0 Å². The SMILES string of the molecule is CC(C)NC(=O)CCSCCCN. The van der Waals surface area contributed by atoms with Crippen molar-refractivity contribution >= 4 is 17.7 Å². The second-order valence-electron chi connectivity index (χ2n) is 3.23. The third-order valence-corrected chi connectivity index (χ3v) is 2.49. The number of hydrogen-bond donors (Lipinski definition) is 2. The molecule has 0 aromatic carbocycles. The topological polar surface area (TPSA) is 55.1 Å². The molecular weight excluding hydrogens is 184 g/mol. The van der Waals surface area contributed by atoms with Gasteiger partial charge in [-0.25, -0.2) is 0 Å². The Hall–Kier alpha value is -0.220. The van der Waals surface area contributed by atoms with E-state index < -0.39 is 0 Å². The minimum Gasteiger partial charge on any atom is -0.354 e. The van der Waals surface area contributed by atoms with Crippen LogP contribution < -0.4 is 11.1 Å². The van der Waals surface area contributed by atoms with Crippen LogP contribution in [0.25, 0.3) is 0 Å². The summed E-state index contributed by atoms with van der Waals surface area (Å²) in [5, 5.41) is 2.86. The third-order valence-electron chi connectivity index (χ3n) is 1.42. The van der Waals surface area contributed by atoms with Gasteiger partial charge in [-0.3, -0.25) is 4.79 Å². The van der Waals surface area contributed by atoms with E-state index in [4.69, 9.17) is 5.73 Å². The Labute approximate surface area is 84.8 Å². The average molecular weight is 204 g/mol. The largest absolute Gasteiger partial charge is 0.354 e.